The Morgan fingerprint density at radius 3 is 3.07 bits per heavy atom. The summed E-state index contributed by atoms with van der Waals surface area (Å²) in [6.45, 7) is 0. The number of hydrogen-bond acceptors (Lipinski definition) is 3. The van der Waals surface area contributed by atoms with Crippen LogP contribution in [0.5, 0.6) is 0 Å². The zero-order valence-corrected chi connectivity index (χ0v) is 7.88. The lowest BCUT2D eigenvalue weighted by Gasteiger charge is -1.95. The van der Waals surface area contributed by atoms with Crippen LogP contribution in [0, 0.1) is 0 Å². The van der Waals surface area contributed by atoms with E-state index in [4.69, 9.17) is 0 Å². The number of pyridine rings is 1. The van der Waals surface area contributed by atoms with E-state index in [2.05, 4.69) is 20.5 Å². The van der Waals surface area contributed by atoms with E-state index in [1.807, 2.05) is 41.1 Å². The number of imidazole rings is 1. The predicted molar refractivity (Wildman–Crippen MR) is 57.1 cm³/mol. The number of H-pyrrole nitrogens is 1. The monoisotopic (exact) mass is 199 g/mol. The fourth-order valence-corrected chi connectivity index (χ4v) is 1.46. The number of aromatic nitrogens is 4. The van der Waals surface area contributed by atoms with Crippen LogP contribution in [-0.4, -0.2) is 19.6 Å². The molecule has 3 aromatic rings. The molecule has 0 aliphatic rings. The third kappa shape index (κ3) is 1.43. The molecule has 0 amide bonds. The highest BCUT2D eigenvalue weighted by Gasteiger charge is 2.00. The van der Waals surface area contributed by atoms with Crippen molar-refractivity contribution in [2.24, 2.45) is 0 Å². The summed E-state index contributed by atoms with van der Waals surface area (Å²) in [6.07, 6.45) is 5.58. The molecule has 3 rings (SSSR count). The smallest absolute Gasteiger partial charge is 0.150 e. The minimum Gasteiger partial charge on any atom is -0.324 e. The second kappa shape index (κ2) is 3.13. The van der Waals surface area contributed by atoms with E-state index in [1.165, 1.54) is 0 Å². The summed E-state index contributed by atoms with van der Waals surface area (Å²) < 4.78 is 1.96. The highest BCUT2D eigenvalue weighted by Crippen LogP contribution is 2.13. The van der Waals surface area contributed by atoms with Gasteiger partial charge in [0.2, 0.25) is 0 Å². The van der Waals surface area contributed by atoms with Crippen molar-refractivity contribution in [1.82, 2.24) is 19.6 Å². The molecule has 3 aromatic heterocycles. The minimum absolute atomic E-state index is 0.797. The molecular formula is C10H9N5. The Hall–Kier alpha value is -2.30. The third-order valence-corrected chi connectivity index (χ3v) is 2.13. The van der Waals surface area contributed by atoms with E-state index < -0.39 is 0 Å². The Morgan fingerprint density at radius 1 is 1.27 bits per heavy atom. The summed E-state index contributed by atoms with van der Waals surface area (Å²) in [6, 6.07) is 7.74. The van der Waals surface area contributed by atoms with Crippen molar-refractivity contribution >= 4 is 17.3 Å². The van der Waals surface area contributed by atoms with E-state index in [0.717, 1.165) is 17.3 Å². The van der Waals surface area contributed by atoms with Gasteiger partial charge < -0.3 is 9.72 Å². The van der Waals surface area contributed by atoms with Crippen LogP contribution < -0.4 is 5.32 Å². The van der Waals surface area contributed by atoms with E-state index in [9.17, 15) is 0 Å². The maximum absolute atomic E-state index is 4.39. The molecule has 0 bridgehead atoms. The molecule has 0 aliphatic heterocycles. The Bertz CT molecular complexity index is 533. The van der Waals surface area contributed by atoms with E-state index in [-0.39, 0.29) is 0 Å². The van der Waals surface area contributed by atoms with Crippen molar-refractivity contribution in [3.63, 3.8) is 0 Å². The van der Waals surface area contributed by atoms with Crippen LogP contribution in [0.25, 0.3) is 5.65 Å². The lowest BCUT2D eigenvalue weighted by molar-refractivity contribution is 1.09. The van der Waals surface area contributed by atoms with E-state index >= 15 is 0 Å². The maximum Gasteiger partial charge on any atom is 0.150 e. The highest BCUT2D eigenvalue weighted by atomic mass is 15.2. The first-order valence-corrected chi connectivity index (χ1v) is 4.62. The second-order valence-corrected chi connectivity index (χ2v) is 3.19. The van der Waals surface area contributed by atoms with Crippen LogP contribution in [0.1, 0.15) is 0 Å². The number of hydrogen-bond donors (Lipinski definition) is 2. The Labute approximate surface area is 85.8 Å². The van der Waals surface area contributed by atoms with Gasteiger partial charge in [-0.25, -0.2) is 4.98 Å². The predicted octanol–water partition coefficient (Wildman–Crippen LogP) is 1.80. The Kier molecular flexibility index (Phi) is 1.68. The van der Waals surface area contributed by atoms with Gasteiger partial charge in [0, 0.05) is 12.3 Å². The summed E-state index contributed by atoms with van der Waals surface area (Å²) in [7, 11) is 0. The largest absolute Gasteiger partial charge is 0.324 e. The van der Waals surface area contributed by atoms with Crippen molar-refractivity contribution in [2.75, 3.05) is 5.32 Å². The van der Waals surface area contributed by atoms with Crippen molar-refractivity contribution in [2.45, 2.75) is 0 Å². The number of nitrogens with zero attached hydrogens (tertiary/aromatic N) is 3. The zero-order valence-electron chi connectivity index (χ0n) is 7.88. The molecule has 0 saturated carbocycles. The number of nitrogens with one attached hydrogen (secondary N) is 2. The van der Waals surface area contributed by atoms with Gasteiger partial charge in [0.15, 0.2) is 5.82 Å². The topological polar surface area (TPSA) is 58.0 Å². The molecule has 0 unspecified atom stereocenters. The van der Waals surface area contributed by atoms with Gasteiger partial charge in [-0.2, -0.15) is 5.10 Å². The average Bonchev–Trinajstić information content (AvgIpc) is 2.86. The van der Waals surface area contributed by atoms with Gasteiger partial charge in [-0.3, -0.25) is 5.10 Å². The summed E-state index contributed by atoms with van der Waals surface area (Å²) in [4.78, 5) is 4.39. The number of anilines is 2. The van der Waals surface area contributed by atoms with Crippen LogP contribution in [0.15, 0.2) is 42.9 Å². The first kappa shape index (κ1) is 8.05. The normalized spacial score (nSPS) is 10.7. The summed E-state index contributed by atoms with van der Waals surface area (Å²) in [5, 5.41) is 9.79. The molecule has 74 valence electrons. The van der Waals surface area contributed by atoms with Crippen LogP contribution in [0.2, 0.25) is 0 Å². The average molecular weight is 199 g/mol. The minimum atomic E-state index is 0.797. The number of aromatic amines is 1. The first-order valence-electron chi connectivity index (χ1n) is 4.62. The van der Waals surface area contributed by atoms with Crippen molar-refractivity contribution in [3.8, 4) is 0 Å². The molecule has 15 heavy (non-hydrogen) atoms. The summed E-state index contributed by atoms with van der Waals surface area (Å²) in [5.74, 6) is 1.63. The van der Waals surface area contributed by atoms with Crippen molar-refractivity contribution in [1.29, 1.82) is 0 Å². The van der Waals surface area contributed by atoms with Gasteiger partial charge in [0.1, 0.15) is 11.5 Å². The van der Waals surface area contributed by atoms with E-state index in [0.29, 0.717) is 0 Å². The highest BCUT2D eigenvalue weighted by molar-refractivity contribution is 5.55. The van der Waals surface area contributed by atoms with Gasteiger partial charge in [0.25, 0.3) is 0 Å². The molecule has 0 atom stereocenters. The molecule has 5 heteroatoms. The van der Waals surface area contributed by atoms with Crippen LogP contribution in [0.4, 0.5) is 11.6 Å². The van der Waals surface area contributed by atoms with Crippen molar-refractivity contribution in [3.05, 3.63) is 42.9 Å². The van der Waals surface area contributed by atoms with Crippen LogP contribution in [0.3, 0.4) is 0 Å². The summed E-state index contributed by atoms with van der Waals surface area (Å²) >= 11 is 0. The fraction of sp³-hybridized carbons (Fsp3) is 0. The van der Waals surface area contributed by atoms with Crippen molar-refractivity contribution < 1.29 is 0 Å². The molecule has 0 fully saturated rings. The quantitative estimate of drug-likeness (QED) is 0.661. The second-order valence-electron chi connectivity index (χ2n) is 3.19. The third-order valence-electron chi connectivity index (χ3n) is 2.13. The van der Waals surface area contributed by atoms with Gasteiger partial charge in [-0.1, -0.05) is 6.07 Å². The Morgan fingerprint density at radius 2 is 2.27 bits per heavy atom. The number of fused-ring (bicyclic) bond motifs is 1. The van der Waals surface area contributed by atoms with Gasteiger partial charge in [-0.05, 0) is 12.1 Å². The van der Waals surface area contributed by atoms with Gasteiger partial charge in [-0.15, -0.1) is 0 Å². The number of rotatable bonds is 2. The fourth-order valence-electron chi connectivity index (χ4n) is 1.46. The summed E-state index contributed by atoms with van der Waals surface area (Å²) in [5.41, 5.74) is 0.916. The molecule has 0 aliphatic carbocycles. The Balaban J connectivity index is 1.98. The molecule has 0 aromatic carbocycles. The SMILES string of the molecule is c1ccn2cc(Nc3ccn[nH]3)nc2c1. The van der Waals surface area contributed by atoms with Gasteiger partial charge >= 0.3 is 0 Å². The molecule has 0 saturated heterocycles. The lowest BCUT2D eigenvalue weighted by Crippen LogP contribution is -1.89. The maximum atomic E-state index is 4.39. The molecule has 0 spiro atoms. The van der Waals surface area contributed by atoms with E-state index in [1.54, 1.807) is 6.20 Å². The van der Waals surface area contributed by atoms with Crippen LogP contribution >= 0.6 is 0 Å². The molecular weight excluding hydrogens is 190 g/mol. The molecule has 0 radical (unpaired) electrons. The standard InChI is InChI=1S/C10H9N5/c1-2-6-15-7-9(13-10(15)3-1)12-8-4-5-11-14-8/h1-7H,(H2,11,12,14). The lowest BCUT2D eigenvalue weighted by atomic mass is 10.5. The molecule has 2 N–H and O–H groups in total. The molecule has 3 heterocycles. The molecule has 5 nitrogen and oxygen atoms in total. The first-order chi connectivity index (χ1) is 7.42. The van der Waals surface area contributed by atoms with Crippen LogP contribution in [-0.2, 0) is 0 Å². The zero-order chi connectivity index (χ0) is 10.1. The van der Waals surface area contributed by atoms with Gasteiger partial charge in [0.05, 0.1) is 12.4 Å².